The molecule has 8 heteroatoms. The molecule has 6 nitrogen and oxygen atoms in total. The zero-order valence-electron chi connectivity index (χ0n) is 14.2. The van der Waals surface area contributed by atoms with Crippen molar-refractivity contribution in [2.75, 3.05) is 55.6 Å². The van der Waals surface area contributed by atoms with Crippen molar-refractivity contribution in [3.63, 3.8) is 0 Å². The maximum absolute atomic E-state index is 14.6. The predicted octanol–water partition coefficient (Wildman–Crippen LogP) is 2.40. The summed E-state index contributed by atoms with van der Waals surface area (Å²) in [7, 11) is 0. The van der Waals surface area contributed by atoms with E-state index in [1.165, 1.54) is 11.0 Å². The first-order chi connectivity index (χ1) is 12.1. The Labute approximate surface area is 151 Å². The molecule has 2 aliphatic rings. The summed E-state index contributed by atoms with van der Waals surface area (Å²) < 4.78 is 19.8. The van der Waals surface area contributed by atoms with Gasteiger partial charge < -0.3 is 14.5 Å². The van der Waals surface area contributed by atoms with Gasteiger partial charge in [-0.05, 0) is 37.0 Å². The number of nitrogens with zero attached hydrogens (tertiary/aromatic N) is 4. The minimum absolute atomic E-state index is 0.272. The molecule has 134 valence electrons. The van der Waals surface area contributed by atoms with E-state index in [1.54, 1.807) is 12.1 Å². The molecule has 2 fully saturated rings. The molecule has 2 saturated heterocycles. The molecular formula is C17H21FN4O2S. The van der Waals surface area contributed by atoms with Crippen LogP contribution in [0, 0.1) is 5.82 Å². The number of cyclic esters (lactones) is 1. The van der Waals surface area contributed by atoms with Crippen LogP contribution < -0.4 is 9.80 Å². The first kappa shape index (κ1) is 17.8. The number of rotatable bonds is 5. The Morgan fingerprint density at radius 2 is 2.12 bits per heavy atom. The first-order valence-corrected chi connectivity index (χ1v) is 8.81. The number of likely N-dealkylation sites (N-methyl/N-ethyl adjacent to an activating group) is 1. The molecule has 0 N–H and O–H groups in total. The number of ether oxygens (including phenoxy) is 1. The molecule has 1 atom stereocenters. The Bertz CT molecular complexity index is 687. The maximum Gasteiger partial charge on any atom is 0.414 e. The summed E-state index contributed by atoms with van der Waals surface area (Å²) >= 11 is 4.52. The predicted molar refractivity (Wildman–Crippen MR) is 98.2 cm³/mol. The minimum atomic E-state index is -0.492. The quantitative estimate of drug-likeness (QED) is 0.593. The van der Waals surface area contributed by atoms with Gasteiger partial charge in [0.25, 0.3) is 0 Å². The molecule has 0 aromatic heterocycles. The fraction of sp³-hybridized carbons (Fsp3) is 0.529. The zero-order chi connectivity index (χ0) is 17.8. The van der Waals surface area contributed by atoms with E-state index in [1.807, 2.05) is 4.90 Å². The lowest BCUT2D eigenvalue weighted by molar-refractivity contribution is 0.145. The smallest absolute Gasteiger partial charge is 0.414 e. The molecule has 0 saturated carbocycles. The van der Waals surface area contributed by atoms with Gasteiger partial charge in [-0.25, -0.2) is 14.2 Å². The van der Waals surface area contributed by atoms with Crippen molar-refractivity contribution >= 4 is 34.8 Å². The molecule has 0 unspecified atom stereocenters. The van der Waals surface area contributed by atoms with Gasteiger partial charge in [-0.15, -0.1) is 0 Å². The lowest BCUT2D eigenvalue weighted by Gasteiger charge is -2.35. The van der Waals surface area contributed by atoms with Crippen LogP contribution in [-0.2, 0) is 4.74 Å². The largest absolute Gasteiger partial charge is 0.442 e. The highest BCUT2D eigenvalue weighted by Crippen LogP contribution is 2.28. The molecule has 0 radical (unpaired) electrons. The molecule has 1 aromatic carbocycles. The van der Waals surface area contributed by atoms with Crippen LogP contribution in [0.1, 0.15) is 6.92 Å². The SMILES string of the molecule is CCN1CCN(c2ccc(N3C[C@H](CN=C=S)OC3=O)cc2F)CC1. The number of aliphatic imine (C=N–C) groups is 1. The number of piperazine rings is 1. The van der Waals surface area contributed by atoms with Gasteiger partial charge >= 0.3 is 6.09 Å². The number of isothiocyanates is 1. The van der Waals surface area contributed by atoms with E-state index in [2.05, 4.69) is 34.2 Å². The number of carbonyl (C=O) groups excluding carboxylic acids is 1. The van der Waals surface area contributed by atoms with Gasteiger partial charge in [0, 0.05) is 26.2 Å². The fourth-order valence-electron chi connectivity index (χ4n) is 3.19. The Kier molecular flexibility index (Phi) is 5.63. The number of halogens is 1. The second-order valence-corrected chi connectivity index (χ2v) is 6.29. The summed E-state index contributed by atoms with van der Waals surface area (Å²) in [5.74, 6) is -0.324. The van der Waals surface area contributed by atoms with Gasteiger partial charge in [0.1, 0.15) is 11.9 Å². The maximum atomic E-state index is 14.6. The van der Waals surface area contributed by atoms with Crippen molar-refractivity contribution in [3.8, 4) is 0 Å². The van der Waals surface area contributed by atoms with Crippen molar-refractivity contribution in [1.82, 2.24) is 4.90 Å². The Balaban J connectivity index is 1.70. The first-order valence-electron chi connectivity index (χ1n) is 8.41. The minimum Gasteiger partial charge on any atom is -0.442 e. The van der Waals surface area contributed by atoms with Crippen LogP contribution >= 0.6 is 12.2 Å². The van der Waals surface area contributed by atoms with Crippen molar-refractivity contribution < 1.29 is 13.9 Å². The van der Waals surface area contributed by atoms with E-state index in [0.717, 1.165) is 32.7 Å². The lowest BCUT2D eigenvalue weighted by Crippen LogP contribution is -2.46. The summed E-state index contributed by atoms with van der Waals surface area (Å²) in [4.78, 5) is 21.6. The molecule has 3 rings (SSSR count). The van der Waals surface area contributed by atoms with Crippen molar-refractivity contribution in [2.45, 2.75) is 13.0 Å². The van der Waals surface area contributed by atoms with E-state index < -0.39 is 6.09 Å². The van der Waals surface area contributed by atoms with Crippen LogP contribution in [0.15, 0.2) is 23.2 Å². The topological polar surface area (TPSA) is 48.4 Å². The van der Waals surface area contributed by atoms with Crippen molar-refractivity contribution in [3.05, 3.63) is 24.0 Å². The van der Waals surface area contributed by atoms with Gasteiger partial charge in [-0.1, -0.05) is 6.92 Å². The third kappa shape index (κ3) is 3.98. The van der Waals surface area contributed by atoms with Gasteiger partial charge in [0.05, 0.1) is 29.6 Å². The van der Waals surface area contributed by atoms with Gasteiger partial charge in [-0.2, -0.15) is 0 Å². The third-order valence-corrected chi connectivity index (χ3v) is 4.77. The monoisotopic (exact) mass is 364 g/mol. The fourth-order valence-corrected chi connectivity index (χ4v) is 3.27. The standard InChI is InChI=1S/C17H21FN4O2S/c1-2-20-5-7-21(8-6-20)16-4-3-13(9-15(16)18)22-11-14(10-19-12-25)24-17(22)23/h3-4,9,14H,2,5-8,10-11H2,1H3/t14-/m0/s1. The molecule has 0 aliphatic carbocycles. The van der Waals surface area contributed by atoms with Crippen LogP contribution in [0.25, 0.3) is 0 Å². The van der Waals surface area contributed by atoms with E-state index in [9.17, 15) is 9.18 Å². The molecule has 0 bridgehead atoms. The number of hydrogen-bond donors (Lipinski definition) is 0. The normalized spacial score (nSPS) is 21.2. The second kappa shape index (κ2) is 7.91. The van der Waals surface area contributed by atoms with Crippen LogP contribution in [0.3, 0.4) is 0 Å². The summed E-state index contributed by atoms with van der Waals surface area (Å²) in [6.45, 7) is 7.20. The van der Waals surface area contributed by atoms with Gasteiger partial charge in [-0.3, -0.25) is 4.90 Å². The van der Waals surface area contributed by atoms with E-state index in [0.29, 0.717) is 17.9 Å². The number of amides is 1. The lowest BCUT2D eigenvalue weighted by atomic mass is 10.2. The average molecular weight is 364 g/mol. The number of carbonyl (C=O) groups is 1. The summed E-state index contributed by atoms with van der Waals surface area (Å²) in [5, 5.41) is 2.25. The van der Waals surface area contributed by atoms with Gasteiger partial charge in [0.15, 0.2) is 0 Å². The van der Waals surface area contributed by atoms with Crippen molar-refractivity contribution in [1.29, 1.82) is 0 Å². The van der Waals surface area contributed by atoms with Crippen LogP contribution in [0.4, 0.5) is 20.6 Å². The molecule has 1 aromatic rings. The molecule has 2 heterocycles. The summed E-state index contributed by atoms with van der Waals surface area (Å²) in [5.41, 5.74) is 1.07. The Morgan fingerprint density at radius 3 is 2.76 bits per heavy atom. The third-order valence-electron chi connectivity index (χ3n) is 4.64. The van der Waals surface area contributed by atoms with E-state index >= 15 is 0 Å². The van der Waals surface area contributed by atoms with Crippen LogP contribution in [0.2, 0.25) is 0 Å². The Morgan fingerprint density at radius 1 is 1.36 bits per heavy atom. The number of benzene rings is 1. The van der Waals surface area contributed by atoms with E-state index in [-0.39, 0.29) is 18.5 Å². The number of anilines is 2. The van der Waals surface area contributed by atoms with Crippen LogP contribution in [-0.4, -0.2) is 68.1 Å². The highest BCUT2D eigenvalue weighted by Gasteiger charge is 2.32. The highest BCUT2D eigenvalue weighted by atomic mass is 32.1. The highest BCUT2D eigenvalue weighted by molar-refractivity contribution is 7.78. The molecule has 0 spiro atoms. The molecular weight excluding hydrogens is 343 g/mol. The average Bonchev–Trinajstić information content (AvgIpc) is 3.00. The molecule has 1 amide bonds. The summed E-state index contributed by atoms with van der Waals surface area (Å²) in [6, 6.07) is 4.90. The van der Waals surface area contributed by atoms with Crippen LogP contribution in [0.5, 0.6) is 0 Å². The number of thiocarbonyl (C=S) groups is 1. The summed E-state index contributed by atoms with van der Waals surface area (Å²) in [6.07, 6.45) is -0.874. The zero-order valence-corrected chi connectivity index (χ0v) is 15.0. The number of hydrogen-bond acceptors (Lipinski definition) is 6. The van der Waals surface area contributed by atoms with Crippen molar-refractivity contribution in [2.24, 2.45) is 4.99 Å². The van der Waals surface area contributed by atoms with Gasteiger partial charge in [0.2, 0.25) is 0 Å². The van der Waals surface area contributed by atoms with E-state index in [4.69, 9.17) is 4.74 Å². The molecule has 25 heavy (non-hydrogen) atoms. The second-order valence-electron chi connectivity index (χ2n) is 6.11. The Hall–Kier alpha value is -2.02. The molecule has 2 aliphatic heterocycles.